The Balaban J connectivity index is 2.69. The molecule has 72 valence electrons. The van der Waals surface area contributed by atoms with Crippen LogP contribution in [-0.2, 0) is 6.54 Å². The maximum Gasteiger partial charge on any atom is 0.218 e. The van der Waals surface area contributed by atoms with Gasteiger partial charge in [0.1, 0.15) is 0 Å². The van der Waals surface area contributed by atoms with E-state index in [1.807, 2.05) is 30.3 Å². The van der Waals surface area contributed by atoms with Crippen molar-refractivity contribution in [3.63, 3.8) is 0 Å². The number of para-hydroxylation sites is 1. The summed E-state index contributed by atoms with van der Waals surface area (Å²) in [6, 6.07) is 9.92. The van der Waals surface area contributed by atoms with Gasteiger partial charge in [-0.15, -0.1) is 0 Å². The molecule has 3 nitrogen and oxygen atoms in total. The zero-order valence-corrected chi connectivity index (χ0v) is 8.03. The van der Waals surface area contributed by atoms with Crippen LogP contribution >= 0.6 is 0 Å². The van der Waals surface area contributed by atoms with E-state index in [9.17, 15) is 0 Å². The fraction of sp³-hybridized carbons (Fsp3) is 0.182. The van der Waals surface area contributed by atoms with Gasteiger partial charge in [0.2, 0.25) is 5.88 Å². The summed E-state index contributed by atoms with van der Waals surface area (Å²) in [5.41, 5.74) is 7.47. The highest BCUT2D eigenvalue weighted by Crippen LogP contribution is 2.21. The average molecular weight is 188 g/mol. The number of benzene rings is 1. The molecule has 14 heavy (non-hydrogen) atoms. The number of aromatic nitrogens is 1. The van der Waals surface area contributed by atoms with Crippen LogP contribution in [-0.4, -0.2) is 12.1 Å². The Hall–Kier alpha value is -1.61. The lowest BCUT2D eigenvalue weighted by molar-refractivity contribution is 0.394. The van der Waals surface area contributed by atoms with Crippen LogP contribution in [0.2, 0.25) is 0 Å². The minimum absolute atomic E-state index is 0.445. The Kier molecular flexibility index (Phi) is 2.33. The van der Waals surface area contributed by atoms with Gasteiger partial charge in [-0.3, -0.25) is 0 Å². The second kappa shape index (κ2) is 3.64. The zero-order valence-electron chi connectivity index (χ0n) is 8.03. The minimum Gasteiger partial charge on any atom is -0.481 e. The first-order valence-corrected chi connectivity index (χ1v) is 4.48. The van der Waals surface area contributed by atoms with Crippen LogP contribution in [0.15, 0.2) is 30.3 Å². The predicted octanol–water partition coefficient (Wildman–Crippen LogP) is 1.70. The van der Waals surface area contributed by atoms with Crippen LogP contribution < -0.4 is 10.5 Å². The summed E-state index contributed by atoms with van der Waals surface area (Å²) >= 11 is 0. The number of pyridine rings is 1. The third-order valence-electron chi connectivity index (χ3n) is 2.18. The second-order valence-corrected chi connectivity index (χ2v) is 3.05. The molecule has 0 aliphatic carbocycles. The number of hydrogen-bond donors (Lipinski definition) is 1. The molecule has 0 bridgehead atoms. The normalized spacial score (nSPS) is 10.4. The van der Waals surface area contributed by atoms with E-state index < -0.39 is 0 Å². The number of nitrogens with zero attached hydrogens (tertiary/aromatic N) is 1. The number of ether oxygens (including phenoxy) is 1. The maximum atomic E-state index is 5.60. The lowest BCUT2D eigenvalue weighted by Gasteiger charge is -2.06. The van der Waals surface area contributed by atoms with Crippen LogP contribution in [0.5, 0.6) is 5.88 Å². The molecule has 0 amide bonds. The number of hydrogen-bond acceptors (Lipinski definition) is 3. The third-order valence-corrected chi connectivity index (χ3v) is 2.18. The van der Waals surface area contributed by atoms with Gasteiger partial charge in [0.15, 0.2) is 0 Å². The molecule has 2 aromatic rings. The van der Waals surface area contributed by atoms with Crippen molar-refractivity contribution < 1.29 is 4.74 Å². The van der Waals surface area contributed by atoms with Crippen molar-refractivity contribution in [1.29, 1.82) is 0 Å². The number of methoxy groups -OCH3 is 1. The Morgan fingerprint density at radius 3 is 2.86 bits per heavy atom. The molecule has 1 heterocycles. The summed E-state index contributed by atoms with van der Waals surface area (Å²) in [6.07, 6.45) is 0. The Morgan fingerprint density at radius 2 is 2.14 bits per heavy atom. The van der Waals surface area contributed by atoms with Crippen LogP contribution in [0.4, 0.5) is 0 Å². The summed E-state index contributed by atoms with van der Waals surface area (Å²) in [5, 5.41) is 1.09. The van der Waals surface area contributed by atoms with Gasteiger partial charge in [-0.05, 0) is 12.1 Å². The van der Waals surface area contributed by atoms with Gasteiger partial charge in [0.05, 0.1) is 12.6 Å². The quantitative estimate of drug-likeness (QED) is 0.780. The van der Waals surface area contributed by atoms with Crippen molar-refractivity contribution in [2.45, 2.75) is 6.54 Å². The van der Waals surface area contributed by atoms with Crippen molar-refractivity contribution >= 4 is 10.9 Å². The van der Waals surface area contributed by atoms with Crippen LogP contribution in [0, 0.1) is 0 Å². The van der Waals surface area contributed by atoms with E-state index in [-0.39, 0.29) is 0 Å². The molecule has 1 aromatic heterocycles. The molecule has 0 saturated carbocycles. The van der Waals surface area contributed by atoms with Crippen molar-refractivity contribution in [2.75, 3.05) is 7.11 Å². The van der Waals surface area contributed by atoms with Gasteiger partial charge in [0, 0.05) is 17.5 Å². The largest absolute Gasteiger partial charge is 0.481 e. The minimum atomic E-state index is 0.445. The first-order chi connectivity index (χ1) is 6.85. The lowest BCUT2D eigenvalue weighted by atomic mass is 10.1. The molecular weight excluding hydrogens is 176 g/mol. The first-order valence-electron chi connectivity index (χ1n) is 4.48. The van der Waals surface area contributed by atoms with Gasteiger partial charge in [0.25, 0.3) is 0 Å². The van der Waals surface area contributed by atoms with Crippen molar-refractivity contribution in [3.8, 4) is 5.88 Å². The van der Waals surface area contributed by atoms with Crippen LogP contribution in [0.1, 0.15) is 5.56 Å². The van der Waals surface area contributed by atoms with E-state index in [0.717, 1.165) is 16.5 Å². The summed E-state index contributed by atoms with van der Waals surface area (Å²) < 4.78 is 5.15. The number of fused-ring (bicyclic) bond motifs is 1. The van der Waals surface area contributed by atoms with E-state index in [1.54, 1.807) is 7.11 Å². The number of rotatable bonds is 2. The van der Waals surface area contributed by atoms with Gasteiger partial charge in [-0.25, -0.2) is 4.98 Å². The van der Waals surface area contributed by atoms with Crippen LogP contribution in [0.25, 0.3) is 10.9 Å². The van der Waals surface area contributed by atoms with E-state index in [0.29, 0.717) is 12.4 Å². The van der Waals surface area contributed by atoms with Crippen LogP contribution in [0.3, 0.4) is 0 Å². The fourth-order valence-electron chi connectivity index (χ4n) is 1.47. The molecule has 0 fully saturated rings. The molecule has 0 atom stereocenters. The van der Waals surface area contributed by atoms with Crippen molar-refractivity contribution in [2.24, 2.45) is 5.73 Å². The SMILES string of the molecule is COc1nc2ccccc2cc1CN. The Morgan fingerprint density at radius 1 is 1.36 bits per heavy atom. The molecule has 3 heteroatoms. The molecule has 2 rings (SSSR count). The summed E-state index contributed by atoms with van der Waals surface area (Å²) in [7, 11) is 1.61. The smallest absolute Gasteiger partial charge is 0.218 e. The fourth-order valence-corrected chi connectivity index (χ4v) is 1.47. The summed E-state index contributed by atoms with van der Waals surface area (Å²) in [4.78, 5) is 4.36. The third kappa shape index (κ3) is 1.42. The summed E-state index contributed by atoms with van der Waals surface area (Å²) in [5.74, 6) is 0.617. The van der Waals surface area contributed by atoms with Gasteiger partial charge in [-0.2, -0.15) is 0 Å². The lowest BCUT2D eigenvalue weighted by Crippen LogP contribution is -2.01. The first kappa shape index (κ1) is 8.97. The monoisotopic (exact) mass is 188 g/mol. The van der Waals surface area contributed by atoms with Crippen molar-refractivity contribution in [3.05, 3.63) is 35.9 Å². The van der Waals surface area contributed by atoms with E-state index >= 15 is 0 Å². The predicted molar refractivity (Wildman–Crippen MR) is 56.2 cm³/mol. The standard InChI is InChI=1S/C11H12N2O/c1-14-11-9(7-12)6-8-4-2-3-5-10(8)13-11/h2-6H,7,12H2,1H3. The Labute approximate surface area is 82.5 Å². The highest BCUT2D eigenvalue weighted by atomic mass is 16.5. The average Bonchev–Trinajstić information content (AvgIpc) is 2.27. The van der Waals surface area contributed by atoms with E-state index in [1.165, 1.54) is 0 Å². The molecule has 0 saturated heterocycles. The highest BCUT2D eigenvalue weighted by Gasteiger charge is 2.04. The molecule has 1 aromatic carbocycles. The number of nitrogens with two attached hydrogens (primary N) is 1. The molecule has 0 aliphatic heterocycles. The zero-order chi connectivity index (χ0) is 9.97. The van der Waals surface area contributed by atoms with Gasteiger partial charge < -0.3 is 10.5 Å². The molecule has 2 N–H and O–H groups in total. The molecule has 0 unspecified atom stereocenters. The van der Waals surface area contributed by atoms with Crippen molar-refractivity contribution in [1.82, 2.24) is 4.98 Å². The second-order valence-electron chi connectivity index (χ2n) is 3.05. The maximum absolute atomic E-state index is 5.60. The molecular formula is C11H12N2O. The van der Waals surface area contributed by atoms with E-state index in [4.69, 9.17) is 10.5 Å². The Bertz CT molecular complexity index is 411. The van der Waals surface area contributed by atoms with E-state index in [2.05, 4.69) is 4.98 Å². The molecule has 0 radical (unpaired) electrons. The summed E-state index contributed by atoms with van der Waals surface area (Å²) in [6.45, 7) is 0.445. The van der Waals surface area contributed by atoms with Gasteiger partial charge in [-0.1, -0.05) is 18.2 Å². The molecule has 0 spiro atoms. The highest BCUT2D eigenvalue weighted by molar-refractivity contribution is 5.79. The molecule has 0 aliphatic rings. The topological polar surface area (TPSA) is 48.1 Å². The van der Waals surface area contributed by atoms with Gasteiger partial charge >= 0.3 is 0 Å².